The Labute approximate surface area is 116 Å². The number of rotatable bonds is 5. The lowest BCUT2D eigenvalue weighted by Gasteiger charge is -1.99. The quantitative estimate of drug-likeness (QED) is 0.514. The van der Waals surface area contributed by atoms with E-state index in [0.717, 1.165) is 12.0 Å². The molecule has 0 spiro atoms. The smallest absolute Gasteiger partial charge is 0.261 e. The van der Waals surface area contributed by atoms with Crippen LogP contribution in [0.1, 0.15) is 18.1 Å². The summed E-state index contributed by atoms with van der Waals surface area (Å²) < 4.78 is 0. The molecule has 0 unspecified atom stereocenters. The van der Waals surface area contributed by atoms with Crippen LogP contribution >= 0.6 is 0 Å². The van der Waals surface area contributed by atoms with Gasteiger partial charge in [0.2, 0.25) is 0 Å². The maximum absolute atomic E-state index is 10.5. The van der Waals surface area contributed by atoms with Crippen molar-refractivity contribution in [2.75, 3.05) is 5.43 Å². The van der Waals surface area contributed by atoms with Gasteiger partial charge in [-0.2, -0.15) is 5.10 Å². The number of aromatic nitrogens is 1. The predicted molar refractivity (Wildman–Crippen MR) is 77.9 cm³/mol. The normalized spacial score (nSPS) is 10.7. The van der Waals surface area contributed by atoms with Crippen LogP contribution in [0.2, 0.25) is 0 Å². The summed E-state index contributed by atoms with van der Waals surface area (Å²) in [6, 6.07) is 10.9. The number of hydrogen-bond acceptors (Lipinski definition) is 5. The van der Waals surface area contributed by atoms with Crippen molar-refractivity contribution in [2.24, 2.45) is 5.10 Å². The van der Waals surface area contributed by atoms with E-state index in [1.165, 1.54) is 23.9 Å². The van der Waals surface area contributed by atoms with E-state index in [-0.39, 0.29) is 5.69 Å². The molecule has 102 valence electrons. The summed E-state index contributed by atoms with van der Waals surface area (Å²) in [6.07, 6.45) is 3.86. The van der Waals surface area contributed by atoms with Crippen molar-refractivity contribution in [3.63, 3.8) is 0 Å². The fourth-order valence-corrected chi connectivity index (χ4v) is 1.57. The van der Waals surface area contributed by atoms with Crippen LogP contribution in [0.15, 0.2) is 47.7 Å². The summed E-state index contributed by atoms with van der Waals surface area (Å²) in [7, 11) is 0. The summed E-state index contributed by atoms with van der Waals surface area (Å²) >= 11 is 0. The van der Waals surface area contributed by atoms with E-state index in [9.17, 15) is 10.1 Å². The van der Waals surface area contributed by atoms with Crippen molar-refractivity contribution in [2.45, 2.75) is 13.3 Å². The zero-order valence-electron chi connectivity index (χ0n) is 11.0. The third kappa shape index (κ3) is 3.61. The van der Waals surface area contributed by atoms with E-state index in [4.69, 9.17) is 0 Å². The summed E-state index contributed by atoms with van der Waals surface area (Å²) in [4.78, 5) is 13.9. The second kappa shape index (κ2) is 6.42. The van der Waals surface area contributed by atoms with Crippen LogP contribution in [0.4, 0.5) is 11.5 Å². The topological polar surface area (TPSA) is 80.4 Å². The number of aryl methyl sites for hydroxylation is 1. The number of nitrogens with one attached hydrogen (secondary N) is 1. The van der Waals surface area contributed by atoms with Crippen molar-refractivity contribution in [3.05, 3.63) is 63.8 Å². The van der Waals surface area contributed by atoms with Crippen molar-refractivity contribution in [1.29, 1.82) is 0 Å². The molecule has 20 heavy (non-hydrogen) atoms. The fourth-order valence-electron chi connectivity index (χ4n) is 1.57. The van der Waals surface area contributed by atoms with Crippen LogP contribution in [0, 0.1) is 10.1 Å². The van der Waals surface area contributed by atoms with E-state index >= 15 is 0 Å². The van der Waals surface area contributed by atoms with Crippen LogP contribution in [-0.4, -0.2) is 16.1 Å². The molecule has 0 fully saturated rings. The van der Waals surface area contributed by atoms with Gasteiger partial charge in [0.1, 0.15) is 12.0 Å². The third-order valence-electron chi connectivity index (χ3n) is 2.74. The first-order valence-corrected chi connectivity index (χ1v) is 6.17. The molecule has 0 aliphatic heterocycles. The molecular weight excluding hydrogens is 256 g/mol. The van der Waals surface area contributed by atoms with Gasteiger partial charge in [-0.3, -0.25) is 15.5 Å². The lowest BCUT2D eigenvalue weighted by molar-refractivity contribution is -0.385. The van der Waals surface area contributed by atoms with Crippen LogP contribution in [0.5, 0.6) is 0 Å². The average molecular weight is 270 g/mol. The first-order valence-electron chi connectivity index (χ1n) is 6.17. The molecule has 0 aliphatic carbocycles. The highest BCUT2D eigenvalue weighted by Crippen LogP contribution is 2.11. The summed E-state index contributed by atoms with van der Waals surface area (Å²) in [6.45, 7) is 2.10. The molecule has 0 amide bonds. The second-order valence-corrected chi connectivity index (χ2v) is 4.12. The van der Waals surface area contributed by atoms with Crippen LogP contribution in [-0.2, 0) is 6.42 Å². The maximum Gasteiger partial charge on any atom is 0.287 e. The molecule has 0 saturated carbocycles. The lowest BCUT2D eigenvalue weighted by atomic mass is 10.1. The minimum absolute atomic E-state index is 0.0466. The SMILES string of the molecule is CCc1ccc(/C=N/Nc2ccc([N+](=O)[O-])cn2)cc1. The maximum atomic E-state index is 10.5. The van der Waals surface area contributed by atoms with Gasteiger partial charge < -0.3 is 0 Å². The summed E-state index contributed by atoms with van der Waals surface area (Å²) in [5.74, 6) is 0.456. The highest BCUT2D eigenvalue weighted by Gasteiger charge is 2.04. The number of nitro groups is 1. The Morgan fingerprint density at radius 2 is 2.05 bits per heavy atom. The van der Waals surface area contributed by atoms with Crippen molar-refractivity contribution in [1.82, 2.24) is 4.98 Å². The minimum atomic E-state index is -0.491. The molecule has 1 aromatic carbocycles. The number of hydrogen-bond donors (Lipinski definition) is 1. The zero-order chi connectivity index (χ0) is 14.4. The van der Waals surface area contributed by atoms with Crippen molar-refractivity contribution < 1.29 is 4.92 Å². The number of nitrogens with zero attached hydrogens (tertiary/aromatic N) is 3. The minimum Gasteiger partial charge on any atom is -0.261 e. The molecule has 6 nitrogen and oxygen atoms in total. The van der Waals surface area contributed by atoms with E-state index < -0.39 is 4.92 Å². The van der Waals surface area contributed by atoms with Crippen LogP contribution in [0.3, 0.4) is 0 Å². The zero-order valence-corrected chi connectivity index (χ0v) is 11.0. The molecule has 0 radical (unpaired) electrons. The molecule has 1 aromatic heterocycles. The Bertz CT molecular complexity index is 606. The molecule has 1 N–H and O–H groups in total. The first-order chi connectivity index (χ1) is 9.69. The Hall–Kier alpha value is -2.76. The van der Waals surface area contributed by atoms with Crippen molar-refractivity contribution >= 4 is 17.7 Å². The monoisotopic (exact) mass is 270 g/mol. The Morgan fingerprint density at radius 1 is 1.30 bits per heavy atom. The third-order valence-corrected chi connectivity index (χ3v) is 2.74. The molecule has 0 atom stereocenters. The predicted octanol–water partition coefficient (Wildman–Crippen LogP) is 3.00. The molecule has 6 heteroatoms. The van der Waals surface area contributed by atoms with Gasteiger partial charge in [0.15, 0.2) is 0 Å². The summed E-state index contributed by atoms with van der Waals surface area (Å²) in [5.41, 5.74) is 4.92. The first kappa shape index (κ1) is 13.7. The average Bonchev–Trinajstić information content (AvgIpc) is 2.48. The molecular formula is C14H14N4O2. The molecule has 0 saturated heterocycles. The van der Waals surface area contributed by atoms with Gasteiger partial charge in [0.05, 0.1) is 11.1 Å². The lowest BCUT2D eigenvalue weighted by Crippen LogP contribution is -1.95. The number of hydrazone groups is 1. The van der Waals surface area contributed by atoms with Crippen LogP contribution in [0.25, 0.3) is 0 Å². The number of pyridine rings is 1. The molecule has 2 rings (SSSR count). The van der Waals surface area contributed by atoms with Gasteiger partial charge in [0, 0.05) is 6.07 Å². The van der Waals surface area contributed by atoms with E-state index in [1.807, 2.05) is 24.3 Å². The summed E-state index contributed by atoms with van der Waals surface area (Å²) in [5, 5.41) is 14.5. The van der Waals surface area contributed by atoms with Crippen LogP contribution < -0.4 is 5.43 Å². The second-order valence-electron chi connectivity index (χ2n) is 4.12. The molecule has 0 aliphatic rings. The van der Waals surface area contributed by atoms with E-state index in [1.54, 1.807) is 6.21 Å². The number of benzene rings is 1. The highest BCUT2D eigenvalue weighted by atomic mass is 16.6. The Kier molecular flexibility index (Phi) is 4.39. The largest absolute Gasteiger partial charge is 0.287 e. The Morgan fingerprint density at radius 3 is 2.60 bits per heavy atom. The Balaban J connectivity index is 1.96. The molecule has 2 aromatic rings. The molecule has 1 heterocycles. The molecule has 0 bridgehead atoms. The fraction of sp³-hybridized carbons (Fsp3) is 0.143. The van der Waals surface area contributed by atoms with E-state index in [0.29, 0.717) is 5.82 Å². The van der Waals surface area contributed by atoms with Gasteiger partial charge in [-0.05, 0) is 23.6 Å². The highest BCUT2D eigenvalue weighted by molar-refractivity contribution is 5.80. The van der Waals surface area contributed by atoms with Gasteiger partial charge in [0.25, 0.3) is 5.69 Å². The van der Waals surface area contributed by atoms with Crippen molar-refractivity contribution in [3.8, 4) is 0 Å². The standard InChI is InChI=1S/C14H14N4O2/c1-2-11-3-5-12(6-4-11)9-16-17-14-8-7-13(10-15-14)18(19)20/h3-10H,2H2,1H3,(H,15,17)/b16-9+. The van der Waals surface area contributed by atoms with Gasteiger partial charge in [-0.25, -0.2) is 4.98 Å². The van der Waals surface area contributed by atoms with E-state index in [2.05, 4.69) is 22.4 Å². The van der Waals surface area contributed by atoms with Gasteiger partial charge in [-0.1, -0.05) is 31.2 Å². The van der Waals surface area contributed by atoms with Gasteiger partial charge in [-0.15, -0.1) is 0 Å². The number of anilines is 1. The van der Waals surface area contributed by atoms with Gasteiger partial charge >= 0.3 is 0 Å².